The van der Waals surface area contributed by atoms with Crippen LogP contribution >= 0.6 is 11.6 Å². The molecule has 1 fully saturated rings. The second kappa shape index (κ2) is 3.96. The molecule has 0 aliphatic heterocycles. The van der Waals surface area contributed by atoms with Crippen LogP contribution < -0.4 is 0 Å². The number of aliphatic carboxylic acids is 2. The highest BCUT2D eigenvalue weighted by Gasteiger charge is 2.41. The number of rotatable bonds is 2. The third kappa shape index (κ3) is 2.12. The molecule has 3 atom stereocenters. The van der Waals surface area contributed by atoms with Gasteiger partial charge in [-0.1, -0.05) is 6.42 Å². The van der Waals surface area contributed by atoms with Crippen LogP contribution in [0.3, 0.4) is 0 Å². The summed E-state index contributed by atoms with van der Waals surface area (Å²) in [6, 6.07) is 0. The Morgan fingerprint density at radius 1 is 1.15 bits per heavy atom. The molecule has 1 saturated carbocycles. The summed E-state index contributed by atoms with van der Waals surface area (Å²) in [6.45, 7) is 0. The molecule has 2 N–H and O–H groups in total. The van der Waals surface area contributed by atoms with E-state index in [2.05, 4.69) is 0 Å². The van der Waals surface area contributed by atoms with E-state index >= 15 is 0 Å². The van der Waals surface area contributed by atoms with Crippen LogP contribution in [0.15, 0.2) is 0 Å². The molecule has 13 heavy (non-hydrogen) atoms. The molecule has 0 spiro atoms. The zero-order valence-electron chi connectivity index (χ0n) is 6.94. The normalized spacial score (nSPS) is 34.1. The van der Waals surface area contributed by atoms with E-state index < -0.39 is 29.2 Å². The minimum Gasteiger partial charge on any atom is -0.481 e. The van der Waals surface area contributed by atoms with Gasteiger partial charge >= 0.3 is 11.9 Å². The van der Waals surface area contributed by atoms with Crippen molar-refractivity contribution in [2.75, 3.05) is 0 Å². The lowest BCUT2D eigenvalue weighted by molar-refractivity contribution is -0.155. The topological polar surface area (TPSA) is 74.6 Å². The SMILES string of the molecule is O=C(O)C1CCCC(Cl)C1C(=O)O. The Bertz CT molecular complexity index is 228. The van der Waals surface area contributed by atoms with E-state index in [0.29, 0.717) is 19.3 Å². The van der Waals surface area contributed by atoms with E-state index in [-0.39, 0.29) is 0 Å². The van der Waals surface area contributed by atoms with Crippen LogP contribution in [0.5, 0.6) is 0 Å². The Labute approximate surface area is 80.5 Å². The highest BCUT2D eigenvalue weighted by Crippen LogP contribution is 2.34. The van der Waals surface area contributed by atoms with Gasteiger partial charge in [0.25, 0.3) is 0 Å². The summed E-state index contributed by atoms with van der Waals surface area (Å²) in [5, 5.41) is 17.0. The summed E-state index contributed by atoms with van der Waals surface area (Å²) >= 11 is 5.77. The summed E-state index contributed by atoms with van der Waals surface area (Å²) < 4.78 is 0. The molecule has 1 aliphatic rings. The zero-order valence-corrected chi connectivity index (χ0v) is 7.70. The lowest BCUT2D eigenvalue weighted by Gasteiger charge is -2.29. The monoisotopic (exact) mass is 206 g/mol. The van der Waals surface area contributed by atoms with Crippen LogP contribution in [0.25, 0.3) is 0 Å². The van der Waals surface area contributed by atoms with E-state index in [4.69, 9.17) is 21.8 Å². The quantitative estimate of drug-likeness (QED) is 0.666. The molecule has 0 radical (unpaired) electrons. The average Bonchev–Trinajstić information content (AvgIpc) is 2.02. The summed E-state index contributed by atoms with van der Waals surface area (Å²) in [4.78, 5) is 21.4. The second-order valence-corrected chi connectivity index (χ2v) is 3.82. The third-order valence-corrected chi connectivity index (χ3v) is 2.91. The first kappa shape index (κ1) is 10.3. The van der Waals surface area contributed by atoms with E-state index in [1.165, 1.54) is 0 Å². The van der Waals surface area contributed by atoms with Crippen molar-refractivity contribution in [3.63, 3.8) is 0 Å². The molecule has 74 valence electrons. The summed E-state index contributed by atoms with van der Waals surface area (Å²) in [6.07, 6.45) is 1.69. The largest absolute Gasteiger partial charge is 0.481 e. The fourth-order valence-electron chi connectivity index (χ4n) is 1.75. The summed E-state index contributed by atoms with van der Waals surface area (Å²) in [5.41, 5.74) is 0. The van der Waals surface area contributed by atoms with Gasteiger partial charge in [0, 0.05) is 5.38 Å². The van der Waals surface area contributed by atoms with Gasteiger partial charge in [0.05, 0.1) is 11.8 Å². The second-order valence-electron chi connectivity index (χ2n) is 3.26. The maximum Gasteiger partial charge on any atom is 0.308 e. The van der Waals surface area contributed by atoms with E-state index in [0.717, 1.165) is 0 Å². The summed E-state index contributed by atoms with van der Waals surface area (Å²) in [7, 11) is 0. The van der Waals surface area contributed by atoms with Crippen molar-refractivity contribution in [3.05, 3.63) is 0 Å². The lowest BCUT2D eigenvalue weighted by atomic mass is 9.79. The molecule has 1 rings (SSSR count). The maximum absolute atomic E-state index is 10.7. The van der Waals surface area contributed by atoms with Crippen molar-refractivity contribution in [1.82, 2.24) is 0 Å². The number of carboxylic acids is 2. The predicted molar refractivity (Wildman–Crippen MR) is 45.7 cm³/mol. The van der Waals surface area contributed by atoms with Crippen molar-refractivity contribution in [1.29, 1.82) is 0 Å². The van der Waals surface area contributed by atoms with E-state index in [1.807, 2.05) is 0 Å². The van der Waals surface area contributed by atoms with Crippen LogP contribution in [-0.4, -0.2) is 27.5 Å². The molecule has 3 unspecified atom stereocenters. The molecule has 0 saturated heterocycles. The molecule has 0 heterocycles. The van der Waals surface area contributed by atoms with Crippen molar-refractivity contribution < 1.29 is 19.8 Å². The van der Waals surface area contributed by atoms with Gasteiger partial charge in [-0.15, -0.1) is 11.6 Å². The number of carbonyl (C=O) groups is 2. The van der Waals surface area contributed by atoms with Gasteiger partial charge in [0.15, 0.2) is 0 Å². The lowest BCUT2D eigenvalue weighted by Crippen LogP contribution is -2.39. The minimum atomic E-state index is -1.10. The van der Waals surface area contributed by atoms with Crippen molar-refractivity contribution in [2.24, 2.45) is 11.8 Å². The van der Waals surface area contributed by atoms with E-state index in [9.17, 15) is 9.59 Å². The standard InChI is InChI=1S/C8H11ClO4/c9-5-3-1-2-4(7(10)11)6(5)8(12)13/h4-6H,1-3H2,(H,10,11)(H,12,13). The molecule has 0 aromatic carbocycles. The maximum atomic E-state index is 10.7. The van der Waals surface area contributed by atoms with Gasteiger partial charge in [-0.3, -0.25) is 9.59 Å². The molecule has 0 bridgehead atoms. The highest BCUT2D eigenvalue weighted by atomic mass is 35.5. The molecular formula is C8H11ClO4. The number of hydrogen-bond acceptors (Lipinski definition) is 2. The fraction of sp³-hybridized carbons (Fsp3) is 0.750. The third-order valence-electron chi connectivity index (χ3n) is 2.42. The smallest absolute Gasteiger partial charge is 0.308 e. The molecule has 0 aromatic rings. The molecule has 4 nitrogen and oxygen atoms in total. The van der Waals surface area contributed by atoms with Crippen LogP contribution in [0.4, 0.5) is 0 Å². The number of alkyl halides is 1. The number of carboxylic acid groups (broad SMARTS) is 2. The van der Waals surface area contributed by atoms with E-state index in [1.54, 1.807) is 0 Å². The number of hydrogen-bond donors (Lipinski definition) is 2. The highest BCUT2D eigenvalue weighted by molar-refractivity contribution is 6.22. The van der Waals surface area contributed by atoms with Crippen LogP contribution in [-0.2, 0) is 9.59 Å². The van der Waals surface area contributed by atoms with Crippen molar-refractivity contribution >= 4 is 23.5 Å². The van der Waals surface area contributed by atoms with Gasteiger partial charge < -0.3 is 10.2 Å². The Balaban J connectivity index is 2.80. The Morgan fingerprint density at radius 3 is 2.15 bits per heavy atom. The van der Waals surface area contributed by atoms with Gasteiger partial charge in [0.1, 0.15) is 0 Å². The molecule has 0 aromatic heterocycles. The van der Waals surface area contributed by atoms with Gasteiger partial charge in [-0.2, -0.15) is 0 Å². The van der Waals surface area contributed by atoms with Crippen LogP contribution in [0.2, 0.25) is 0 Å². The van der Waals surface area contributed by atoms with Gasteiger partial charge in [-0.25, -0.2) is 0 Å². The van der Waals surface area contributed by atoms with Crippen LogP contribution in [0, 0.1) is 11.8 Å². The minimum absolute atomic E-state index is 0.412. The van der Waals surface area contributed by atoms with Gasteiger partial charge in [-0.05, 0) is 12.8 Å². The Kier molecular flexibility index (Phi) is 3.14. The van der Waals surface area contributed by atoms with Crippen molar-refractivity contribution in [3.8, 4) is 0 Å². The fourth-order valence-corrected chi connectivity index (χ4v) is 2.19. The molecule has 0 amide bonds. The first-order chi connectivity index (χ1) is 6.04. The van der Waals surface area contributed by atoms with Crippen LogP contribution in [0.1, 0.15) is 19.3 Å². The zero-order chi connectivity index (χ0) is 10.0. The predicted octanol–water partition coefficient (Wildman–Crippen LogP) is 1.18. The number of halogens is 1. The van der Waals surface area contributed by atoms with Crippen molar-refractivity contribution in [2.45, 2.75) is 24.6 Å². The molecule has 5 heteroatoms. The molecule has 1 aliphatic carbocycles. The first-order valence-electron chi connectivity index (χ1n) is 4.13. The Morgan fingerprint density at radius 2 is 1.77 bits per heavy atom. The Hall–Kier alpha value is -0.770. The molecular weight excluding hydrogens is 196 g/mol. The average molecular weight is 207 g/mol. The first-order valence-corrected chi connectivity index (χ1v) is 4.57. The van der Waals surface area contributed by atoms with Gasteiger partial charge in [0.2, 0.25) is 0 Å². The summed E-state index contributed by atoms with van der Waals surface area (Å²) in [5.74, 6) is -3.92.